The number of halogens is 5. The zero-order valence-electron chi connectivity index (χ0n) is 19.9. The van der Waals surface area contributed by atoms with Crippen LogP contribution in [0.1, 0.15) is 5.56 Å². The minimum absolute atomic E-state index is 0.0369. The molecule has 37 heavy (non-hydrogen) atoms. The molecule has 3 aromatic rings. The van der Waals surface area contributed by atoms with Crippen molar-refractivity contribution >= 4 is 40.1 Å². The minimum atomic E-state index is -4.53. The lowest BCUT2D eigenvalue weighted by Gasteiger charge is -2.32. The number of carbonyl (C=O) groups excluding carboxylic acids is 1. The maximum atomic E-state index is 15.0. The molecule has 2 amide bonds. The zero-order valence-corrected chi connectivity index (χ0v) is 20.7. The molecular formula is C24H26F5N5O2S. The molecule has 3 N–H and O–H groups in total. The van der Waals surface area contributed by atoms with Gasteiger partial charge in [0.15, 0.2) is 11.6 Å². The largest absolute Gasteiger partial charge is 0.489 e. The number of carbonyl (C=O) groups is 1. The zero-order chi connectivity index (χ0) is 26.6. The van der Waals surface area contributed by atoms with E-state index in [9.17, 15) is 26.7 Å². The number of rotatable bonds is 8. The lowest BCUT2D eigenvalue weighted by Crippen LogP contribution is -2.45. The molecule has 0 atom stereocenters. The van der Waals surface area contributed by atoms with Gasteiger partial charge in [-0.2, -0.15) is 13.2 Å². The molecule has 0 radical (unpaired) electrons. The quantitative estimate of drug-likeness (QED) is 0.329. The Morgan fingerprint density at radius 3 is 2.59 bits per heavy atom. The number of likely N-dealkylation sites (N-methyl/N-ethyl adjacent to an activating group) is 1. The summed E-state index contributed by atoms with van der Waals surface area (Å²) in [5.41, 5.74) is -3.74. The Morgan fingerprint density at radius 1 is 1.11 bits per heavy atom. The van der Waals surface area contributed by atoms with Gasteiger partial charge in [0.05, 0.1) is 5.69 Å². The van der Waals surface area contributed by atoms with Gasteiger partial charge in [-0.3, -0.25) is 4.90 Å². The number of H-pyrrole nitrogens is 1. The van der Waals surface area contributed by atoms with Crippen molar-refractivity contribution in [3.63, 3.8) is 0 Å². The average Bonchev–Trinajstić information content (AvgIpc) is 3.21. The number of anilines is 2. The molecule has 0 bridgehead atoms. The summed E-state index contributed by atoms with van der Waals surface area (Å²) >= 11 is -0.325. The molecule has 0 unspecified atom stereocenters. The van der Waals surface area contributed by atoms with Gasteiger partial charge in [0, 0.05) is 72.9 Å². The topological polar surface area (TPSA) is 72.6 Å². The number of piperazine rings is 1. The molecule has 1 aliphatic heterocycles. The number of hydrogen-bond acceptors (Lipinski definition) is 5. The van der Waals surface area contributed by atoms with Crippen molar-refractivity contribution in [3.8, 4) is 5.75 Å². The lowest BCUT2D eigenvalue weighted by molar-refractivity contribution is -0.0329. The standard InChI is InChI=1S/C24H26F5N5O2S/c1-33-4-6-34(7-5-33)8-9-36-22-15(14-37-24(27,28)29)10-17(12-19(22)26)31-23(35)32-21-13-30-20-3-2-16(25)11-18(20)21/h2-3,10-13,30H,4-9,14H2,1H3,(H2,31,32,35). The third kappa shape index (κ3) is 7.49. The van der Waals surface area contributed by atoms with E-state index in [1.807, 2.05) is 7.05 Å². The average molecular weight is 544 g/mol. The molecule has 200 valence electrons. The van der Waals surface area contributed by atoms with E-state index in [0.29, 0.717) is 17.4 Å². The summed E-state index contributed by atoms with van der Waals surface area (Å²) in [6, 6.07) is 5.48. The Hall–Kier alpha value is -3.03. The van der Waals surface area contributed by atoms with Gasteiger partial charge < -0.3 is 25.3 Å². The summed E-state index contributed by atoms with van der Waals surface area (Å²) < 4.78 is 72.8. The molecule has 1 saturated heterocycles. The summed E-state index contributed by atoms with van der Waals surface area (Å²) in [6.45, 7) is 4.03. The summed E-state index contributed by atoms with van der Waals surface area (Å²) in [5.74, 6) is -2.25. The smallest absolute Gasteiger partial charge is 0.442 e. The summed E-state index contributed by atoms with van der Waals surface area (Å²) in [4.78, 5) is 19.7. The molecule has 2 heterocycles. The van der Waals surface area contributed by atoms with Crippen molar-refractivity contribution in [3.05, 3.63) is 53.7 Å². The van der Waals surface area contributed by atoms with E-state index in [4.69, 9.17) is 4.74 Å². The van der Waals surface area contributed by atoms with Crippen molar-refractivity contribution in [2.45, 2.75) is 11.3 Å². The molecule has 0 spiro atoms. The predicted molar refractivity (Wildman–Crippen MR) is 134 cm³/mol. The summed E-state index contributed by atoms with van der Waals surface area (Å²) in [5, 5.41) is 5.37. The molecular weight excluding hydrogens is 517 g/mol. The number of nitrogens with zero attached hydrogens (tertiary/aromatic N) is 2. The highest BCUT2D eigenvalue weighted by Crippen LogP contribution is 2.37. The highest BCUT2D eigenvalue weighted by atomic mass is 32.2. The molecule has 1 fully saturated rings. The number of aromatic nitrogens is 1. The minimum Gasteiger partial charge on any atom is -0.489 e. The number of ether oxygens (including phenoxy) is 1. The van der Waals surface area contributed by atoms with E-state index in [1.54, 1.807) is 0 Å². The van der Waals surface area contributed by atoms with Crippen molar-refractivity contribution in [1.82, 2.24) is 14.8 Å². The van der Waals surface area contributed by atoms with Crippen LogP contribution in [-0.4, -0.2) is 72.7 Å². The van der Waals surface area contributed by atoms with Gasteiger partial charge in [0.25, 0.3) is 0 Å². The van der Waals surface area contributed by atoms with Gasteiger partial charge in [-0.25, -0.2) is 13.6 Å². The maximum absolute atomic E-state index is 15.0. The maximum Gasteiger partial charge on any atom is 0.442 e. The fourth-order valence-electron chi connectivity index (χ4n) is 3.98. The number of hydrogen-bond donors (Lipinski definition) is 3. The first-order chi connectivity index (χ1) is 17.6. The first-order valence-electron chi connectivity index (χ1n) is 11.5. The SMILES string of the molecule is CN1CCN(CCOc2c(F)cc(NC(=O)Nc3c[nH]c4ccc(F)cc34)cc2CSC(F)(F)F)CC1. The van der Waals surface area contributed by atoms with E-state index in [-0.39, 0.29) is 41.1 Å². The van der Waals surface area contributed by atoms with Crippen LogP contribution in [0.25, 0.3) is 10.9 Å². The normalized spacial score (nSPS) is 15.2. The lowest BCUT2D eigenvalue weighted by atomic mass is 10.2. The molecule has 1 aliphatic rings. The fraction of sp³-hybridized carbons (Fsp3) is 0.375. The van der Waals surface area contributed by atoms with Gasteiger partial charge in [-0.15, -0.1) is 0 Å². The number of nitrogens with one attached hydrogen (secondary N) is 3. The summed E-state index contributed by atoms with van der Waals surface area (Å²) in [7, 11) is 2.02. The number of aromatic amines is 1. The first-order valence-corrected chi connectivity index (χ1v) is 12.5. The molecule has 1 aromatic heterocycles. The third-order valence-electron chi connectivity index (χ3n) is 5.91. The van der Waals surface area contributed by atoms with Crippen molar-refractivity contribution in [2.75, 3.05) is 57.0 Å². The van der Waals surface area contributed by atoms with Crippen LogP contribution < -0.4 is 15.4 Å². The number of fused-ring (bicyclic) bond motifs is 1. The van der Waals surface area contributed by atoms with Crippen LogP contribution in [0, 0.1) is 11.6 Å². The molecule has 13 heteroatoms. The number of amides is 2. The first kappa shape index (κ1) is 27.0. The molecule has 4 rings (SSSR count). The van der Waals surface area contributed by atoms with Gasteiger partial charge in [-0.05, 0) is 43.1 Å². The molecule has 7 nitrogen and oxygen atoms in total. The second kappa shape index (κ2) is 11.6. The number of urea groups is 1. The Balaban J connectivity index is 1.45. The van der Waals surface area contributed by atoms with Gasteiger partial charge in [0.1, 0.15) is 12.4 Å². The van der Waals surface area contributed by atoms with Gasteiger partial charge in [0.2, 0.25) is 0 Å². The molecule has 0 aliphatic carbocycles. The fourth-order valence-corrected chi connectivity index (χ4v) is 4.51. The van der Waals surface area contributed by atoms with E-state index in [0.717, 1.165) is 32.2 Å². The van der Waals surface area contributed by atoms with Crippen LogP contribution in [0.3, 0.4) is 0 Å². The van der Waals surface area contributed by atoms with E-state index >= 15 is 0 Å². The Morgan fingerprint density at radius 2 is 1.86 bits per heavy atom. The van der Waals surface area contributed by atoms with Crippen LogP contribution in [0.4, 0.5) is 38.1 Å². The van der Waals surface area contributed by atoms with Crippen LogP contribution >= 0.6 is 11.8 Å². The second-order valence-corrected chi connectivity index (χ2v) is 9.69. The number of alkyl halides is 3. The number of benzene rings is 2. The van der Waals surface area contributed by atoms with E-state index < -0.39 is 28.9 Å². The Kier molecular flexibility index (Phi) is 8.45. The van der Waals surface area contributed by atoms with Crippen molar-refractivity contribution < 1.29 is 31.5 Å². The monoisotopic (exact) mass is 543 g/mol. The van der Waals surface area contributed by atoms with E-state index in [1.165, 1.54) is 30.5 Å². The number of thioether (sulfide) groups is 1. The van der Waals surface area contributed by atoms with Crippen LogP contribution in [0.2, 0.25) is 0 Å². The third-order valence-corrected chi connectivity index (χ3v) is 6.69. The van der Waals surface area contributed by atoms with Crippen LogP contribution in [0.5, 0.6) is 5.75 Å². The Labute approximate surface area is 214 Å². The highest BCUT2D eigenvalue weighted by Gasteiger charge is 2.29. The second-order valence-electron chi connectivity index (χ2n) is 8.65. The van der Waals surface area contributed by atoms with E-state index in [2.05, 4.69) is 25.4 Å². The molecule has 2 aromatic carbocycles. The van der Waals surface area contributed by atoms with Gasteiger partial charge in [-0.1, -0.05) is 0 Å². The van der Waals surface area contributed by atoms with Gasteiger partial charge >= 0.3 is 11.5 Å². The van der Waals surface area contributed by atoms with Crippen LogP contribution in [-0.2, 0) is 5.75 Å². The molecule has 0 saturated carbocycles. The Bertz CT molecular complexity index is 1240. The highest BCUT2D eigenvalue weighted by molar-refractivity contribution is 7.99. The van der Waals surface area contributed by atoms with Crippen molar-refractivity contribution in [2.24, 2.45) is 0 Å². The van der Waals surface area contributed by atoms with Crippen molar-refractivity contribution in [1.29, 1.82) is 0 Å². The predicted octanol–water partition coefficient (Wildman–Crippen LogP) is 5.47. The summed E-state index contributed by atoms with van der Waals surface area (Å²) in [6.07, 6.45) is 1.47. The van der Waals surface area contributed by atoms with Crippen LogP contribution in [0.15, 0.2) is 36.5 Å².